The van der Waals surface area contributed by atoms with Crippen molar-refractivity contribution in [1.82, 2.24) is 0 Å². The lowest BCUT2D eigenvalue weighted by Gasteiger charge is -2.13. The van der Waals surface area contributed by atoms with Crippen LogP contribution in [-0.4, -0.2) is 33.9 Å². The maximum Gasteiger partial charge on any atom is 0.338 e. The van der Waals surface area contributed by atoms with Crippen molar-refractivity contribution >= 4 is 5.97 Å². The number of esters is 1. The van der Waals surface area contributed by atoms with Crippen LogP contribution in [0.5, 0.6) is 17.2 Å². The zero-order valence-electron chi connectivity index (χ0n) is 12.1. The third kappa shape index (κ3) is 3.91. The lowest BCUT2D eigenvalue weighted by atomic mass is 10.2. The van der Waals surface area contributed by atoms with Crippen LogP contribution in [0.1, 0.15) is 23.2 Å². The summed E-state index contributed by atoms with van der Waals surface area (Å²) in [4.78, 5) is 11.9. The Labute approximate surface area is 119 Å². The van der Waals surface area contributed by atoms with E-state index in [0.717, 1.165) is 12.8 Å². The van der Waals surface area contributed by atoms with Crippen molar-refractivity contribution in [3.63, 3.8) is 0 Å². The van der Waals surface area contributed by atoms with Crippen LogP contribution in [0.15, 0.2) is 24.8 Å². The van der Waals surface area contributed by atoms with Gasteiger partial charge in [-0.2, -0.15) is 0 Å². The summed E-state index contributed by atoms with van der Waals surface area (Å²) < 4.78 is 20.7. The number of allylic oxidation sites excluding steroid dienone is 1. The van der Waals surface area contributed by atoms with Crippen LogP contribution >= 0.6 is 0 Å². The van der Waals surface area contributed by atoms with E-state index in [9.17, 15) is 4.79 Å². The van der Waals surface area contributed by atoms with Gasteiger partial charge < -0.3 is 18.9 Å². The second kappa shape index (κ2) is 8.09. The van der Waals surface area contributed by atoms with Gasteiger partial charge in [0.25, 0.3) is 0 Å². The molecule has 0 saturated carbocycles. The molecule has 0 heterocycles. The predicted octanol–water partition coefficient (Wildman–Crippen LogP) is 2.84. The van der Waals surface area contributed by atoms with Crippen molar-refractivity contribution in [3.8, 4) is 17.2 Å². The molecular formula is C15H20O5. The molecule has 1 aromatic carbocycles. The van der Waals surface area contributed by atoms with Crippen LogP contribution in [0.25, 0.3) is 0 Å². The number of methoxy groups -OCH3 is 3. The van der Waals surface area contributed by atoms with Gasteiger partial charge in [0.05, 0.1) is 33.5 Å². The number of benzene rings is 1. The van der Waals surface area contributed by atoms with Crippen LogP contribution in [0.4, 0.5) is 0 Å². The van der Waals surface area contributed by atoms with E-state index in [1.165, 1.54) is 21.3 Å². The first-order valence-electron chi connectivity index (χ1n) is 6.26. The minimum absolute atomic E-state index is 0.349. The summed E-state index contributed by atoms with van der Waals surface area (Å²) in [6.07, 6.45) is 3.34. The summed E-state index contributed by atoms with van der Waals surface area (Å²) in [5.41, 5.74) is 0.359. The Morgan fingerprint density at radius 3 is 2.20 bits per heavy atom. The fourth-order valence-electron chi connectivity index (χ4n) is 1.67. The van der Waals surface area contributed by atoms with Gasteiger partial charge in [-0.05, 0) is 25.0 Å². The minimum Gasteiger partial charge on any atom is -0.493 e. The van der Waals surface area contributed by atoms with Crippen molar-refractivity contribution in [2.75, 3.05) is 27.9 Å². The van der Waals surface area contributed by atoms with E-state index in [2.05, 4.69) is 6.58 Å². The molecule has 5 nitrogen and oxygen atoms in total. The highest BCUT2D eigenvalue weighted by Crippen LogP contribution is 2.38. The van der Waals surface area contributed by atoms with Gasteiger partial charge >= 0.3 is 5.97 Å². The van der Waals surface area contributed by atoms with Gasteiger partial charge in [0.1, 0.15) is 0 Å². The first-order valence-corrected chi connectivity index (χ1v) is 6.26. The highest BCUT2D eigenvalue weighted by Gasteiger charge is 2.17. The maximum absolute atomic E-state index is 11.9. The highest BCUT2D eigenvalue weighted by atomic mass is 16.5. The summed E-state index contributed by atoms with van der Waals surface area (Å²) in [6, 6.07) is 3.13. The van der Waals surface area contributed by atoms with Crippen molar-refractivity contribution < 1.29 is 23.7 Å². The highest BCUT2D eigenvalue weighted by molar-refractivity contribution is 5.91. The average Bonchev–Trinajstić information content (AvgIpc) is 2.49. The van der Waals surface area contributed by atoms with Gasteiger partial charge in [-0.3, -0.25) is 0 Å². The van der Waals surface area contributed by atoms with Crippen molar-refractivity contribution in [3.05, 3.63) is 30.4 Å². The Hall–Kier alpha value is -2.17. The molecule has 5 heteroatoms. The van der Waals surface area contributed by atoms with Crippen molar-refractivity contribution in [2.24, 2.45) is 0 Å². The van der Waals surface area contributed by atoms with E-state index >= 15 is 0 Å². The van der Waals surface area contributed by atoms with E-state index in [0.29, 0.717) is 29.4 Å². The fraction of sp³-hybridized carbons (Fsp3) is 0.400. The number of hydrogen-bond donors (Lipinski definition) is 0. The maximum atomic E-state index is 11.9. The monoisotopic (exact) mass is 280 g/mol. The molecule has 0 aromatic heterocycles. The van der Waals surface area contributed by atoms with E-state index in [1.54, 1.807) is 18.2 Å². The molecule has 0 aliphatic carbocycles. The Balaban J connectivity index is 2.89. The van der Waals surface area contributed by atoms with Crippen molar-refractivity contribution in [1.29, 1.82) is 0 Å². The van der Waals surface area contributed by atoms with E-state index < -0.39 is 5.97 Å². The average molecular weight is 280 g/mol. The van der Waals surface area contributed by atoms with Crippen LogP contribution in [0, 0.1) is 0 Å². The summed E-state index contributed by atoms with van der Waals surface area (Å²) in [6.45, 7) is 3.96. The molecule has 0 radical (unpaired) electrons. The molecule has 0 aliphatic rings. The Morgan fingerprint density at radius 1 is 1.15 bits per heavy atom. The molecular weight excluding hydrogens is 260 g/mol. The van der Waals surface area contributed by atoms with E-state index in [1.807, 2.05) is 0 Å². The van der Waals surface area contributed by atoms with Gasteiger partial charge in [-0.15, -0.1) is 6.58 Å². The normalized spacial score (nSPS) is 9.75. The van der Waals surface area contributed by atoms with Crippen molar-refractivity contribution in [2.45, 2.75) is 12.8 Å². The van der Waals surface area contributed by atoms with Crippen LogP contribution in [-0.2, 0) is 4.74 Å². The van der Waals surface area contributed by atoms with Gasteiger partial charge in [-0.25, -0.2) is 4.79 Å². The lowest BCUT2D eigenvalue weighted by Crippen LogP contribution is -2.07. The second-order valence-electron chi connectivity index (χ2n) is 3.98. The summed E-state index contributed by atoms with van der Waals surface area (Å²) >= 11 is 0. The molecule has 0 N–H and O–H groups in total. The first kappa shape index (κ1) is 15.9. The minimum atomic E-state index is -0.423. The standard InChI is InChI=1S/C15H20O5/c1-5-6-7-8-20-15(16)11-9-12(17-2)14(19-4)13(10-11)18-3/h5,9-10H,1,6-8H2,2-4H3. The third-order valence-electron chi connectivity index (χ3n) is 2.69. The van der Waals surface area contributed by atoms with Gasteiger partial charge in [0.2, 0.25) is 5.75 Å². The lowest BCUT2D eigenvalue weighted by molar-refractivity contribution is 0.0500. The van der Waals surface area contributed by atoms with Gasteiger partial charge in [-0.1, -0.05) is 6.08 Å². The van der Waals surface area contributed by atoms with Crippen LogP contribution in [0.3, 0.4) is 0 Å². The summed E-state index contributed by atoms with van der Waals surface area (Å²) in [7, 11) is 4.50. The smallest absolute Gasteiger partial charge is 0.338 e. The number of carbonyl (C=O) groups excluding carboxylic acids is 1. The summed E-state index contributed by atoms with van der Waals surface area (Å²) in [5, 5.41) is 0. The van der Waals surface area contributed by atoms with Crippen LogP contribution in [0.2, 0.25) is 0 Å². The van der Waals surface area contributed by atoms with E-state index in [4.69, 9.17) is 18.9 Å². The summed E-state index contributed by atoms with van der Waals surface area (Å²) in [5.74, 6) is 0.862. The zero-order valence-corrected chi connectivity index (χ0v) is 12.1. The number of ether oxygens (including phenoxy) is 4. The molecule has 0 fully saturated rings. The third-order valence-corrected chi connectivity index (χ3v) is 2.69. The first-order chi connectivity index (χ1) is 9.67. The quantitative estimate of drug-likeness (QED) is 0.416. The topological polar surface area (TPSA) is 54.0 Å². The molecule has 1 rings (SSSR count). The molecule has 0 saturated heterocycles. The number of rotatable bonds is 8. The van der Waals surface area contributed by atoms with E-state index in [-0.39, 0.29) is 0 Å². The Bertz CT molecular complexity index is 442. The van der Waals surface area contributed by atoms with Gasteiger partial charge in [0, 0.05) is 0 Å². The molecule has 0 amide bonds. The molecule has 0 unspecified atom stereocenters. The molecule has 1 aromatic rings. The molecule has 0 aliphatic heterocycles. The van der Waals surface area contributed by atoms with Crippen LogP contribution < -0.4 is 14.2 Å². The molecule has 0 atom stereocenters. The molecule has 110 valence electrons. The molecule has 0 bridgehead atoms. The Kier molecular flexibility index (Phi) is 6.43. The fourth-order valence-corrected chi connectivity index (χ4v) is 1.67. The second-order valence-corrected chi connectivity index (χ2v) is 3.98. The molecule has 0 spiro atoms. The number of carbonyl (C=O) groups is 1. The zero-order chi connectivity index (χ0) is 15.0. The SMILES string of the molecule is C=CCCCOC(=O)c1cc(OC)c(OC)c(OC)c1. The molecule has 20 heavy (non-hydrogen) atoms. The Morgan fingerprint density at radius 2 is 1.75 bits per heavy atom. The largest absolute Gasteiger partial charge is 0.493 e. The number of hydrogen-bond acceptors (Lipinski definition) is 5. The number of unbranched alkanes of at least 4 members (excludes halogenated alkanes) is 1. The predicted molar refractivity (Wildman–Crippen MR) is 75.8 cm³/mol. The van der Waals surface area contributed by atoms with Gasteiger partial charge in [0.15, 0.2) is 11.5 Å².